The maximum atomic E-state index is 10.1. The Labute approximate surface area is 53.4 Å². The van der Waals surface area contributed by atoms with Crippen molar-refractivity contribution in [2.75, 3.05) is 0 Å². The fourth-order valence-electron chi connectivity index (χ4n) is 0.446. The first kappa shape index (κ1) is 7.94. The third-order valence-electron chi connectivity index (χ3n) is 0.838. The number of nitrogens with one attached hydrogen (secondary N) is 1. The number of carbonyl (C=O) groups is 2. The summed E-state index contributed by atoms with van der Waals surface area (Å²) in [6.45, 7) is 1.71. The second-order valence-electron chi connectivity index (χ2n) is 1.81. The summed E-state index contributed by atoms with van der Waals surface area (Å²) in [7, 11) is 0. The highest BCUT2D eigenvalue weighted by atomic mass is 16.2. The summed E-state index contributed by atoms with van der Waals surface area (Å²) in [5, 5.41) is 2.35. The van der Waals surface area contributed by atoms with Crippen LogP contribution >= 0.6 is 0 Å². The fourth-order valence-corrected chi connectivity index (χ4v) is 0.446. The van der Waals surface area contributed by atoms with E-state index in [1.165, 1.54) is 0 Å². The van der Waals surface area contributed by atoms with Crippen molar-refractivity contribution in [3.63, 3.8) is 0 Å². The van der Waals surface area contributed by atoms with Gasteiger partial charge in [0, 0.05) is 12.5 Å². The van der Waals surface area contributed by atoms with Crippen molar-refractivity contribution in [1.29, 1.82) is 0 Å². The molecule has 0 aliphatic carbocycles. The zero-order valence-electron chi connectivity index (χ0n) is 5.26. The van der Waals surface area contributed by atoms with Crippen molar-refractivity contribution in [3.8, 4) is 0 Å². The minimum atomic E-state index is -0.593. The van der Waals surface area contributed by atoms with E-state index in [1.807, 2.05) is 0 Å². The van der Waals surface area contributed by atoms with Gasteiger partial charge in [0.15, 0.2) is 0 Å². The van der Waals surface area contributed by atoms with Gasteiger partial charge in [0.25, 0.3) is 0 Å². The molecule has 2 amide bonds. The van der Waals surface area contributed by atoms with Gasteiger partial charge in [-0.2, -0.15) is 0 Å². The van der Waals surface area contributed by atoms with E-state index in [1.54, 1.807) is 6.92 Å². The zero-order chi connectivity index (χ0) is 7.28. The van der Waals surface area contributed by atoms with Gasteiger partial charge in [-0.1, -0.05) is 0 Å². The standard InChI is InChI=1S/C5H10N2O2/c1-4(2-3-8)7-5(6)9/h3-4H,2H2,1H3,(H3,6,7,9). The highest BCUT2D eigenvalue weighted by molar-refractivity contribution is 5.72. The monoisotopic (exact) mass is 130 g/mol. The summed E-state index contributed by atoms with van der Waals surface area (Å²) in [4.78, 5) is 19.9. The van der Waals surface area contributed by atoms with Crippen LogP contribution in [0.25, 0.3) is 0 Å². The molecular formula is C5H10N2O2. The first-order valence-corrected chi connectivity index (χ1v) is 2.66. The van der Waals surface area contributed by atoms with Crippen molar-refractivity contribution in [3.05, 3.63) is 0 Å². The van der Waals surface area contributed by atoms with Gasteiger partial charge >= 0.3 is 6.03 Å². The molecule has 0 aliphatic rings. The Kier molecular flexibility index (Phi) is 3.43. The van der Waals surface area contributed by atoms with Crippen molar-refractivity contribution in [1.82, 2.24) is 5.32 Å². The Hall–Kier alpha value is -1.06. The number of primary amides is 1. The molecule has 0 heterocycles. The van der Waals surface area contributed by atoms with Crippen LogP contribution in [0.4, 0.5) is 4.79 Å². The Morgan fingerprint density at radius 2 is 2.44 bits per heavy atom. The summed E-state index contributed by atoms with van der Waals surface area (Å²) < 4.78 is 0. The lowest BCUT2D eigenvalue weighted by Crippen LogP contribution is -2.36. The molecule has 0 aromatic rings. The SMILES string of the molecule is CC(CC=O)NC(N)=O. The van der Waals surface area contributed by atoms with Crippen LogP contribution in [0.15, 0.2) is 0 Å². The van der Waals surface area contributed by atoms with E-state index in [9.17, 15) is 9.59 Å². The van der Waals surface area contributed by atoms with Crippen molar-refractivity contribution >= 4 is 12.3 Å². The van der Waals surface area contributed by atoms with E-state index >= 15 is 0 Å². The van der Waals surface area contributed by atoms with Gasteiger partial charge in [0.05, 0.1) is 0 Å². The van der Waals surface area contributed by atoms with Crippen LogP contribution in [0.2, 0.25) is 0 Å². The number of rotatable bonds is 3. The number of hydrogen-bond donors (Lipinski definition) is 2. The molecule has 0 saturated heterocycles. The van der Waals surface area contributed by atoms with E-state index in [4.69, 9.17) is 5.73 Å². The van der Waals surface area contributed by atoms with Gasteiger partial charge < -0.3 is 15.8 Å². The predicted molar refractivity (Wildman–Crippen MR) is 32.9 cm³/mol. The van der Waals surface area contributed by atoms with E-state index < -0.39 is 6.03 Å². The largest absolute Gasteiger partial charge is 0.352 e. The first-order chi connectivity index (χ1) is 4.16. The molecule has 1 unspecified atom stereocenters. The van der Waals surface area contributed by atoms with Crippen LogP contribution in [0.3, 0.4) is 0 Å². The third kappa shape index (κ3) is 4.80. The quantitative estimate of drug-likeness (QED) is 0.512. The minimum absolute atomic E-state index is 0.153. The Morgan fingerprint density at radius 3 is 2.78 bits per heavy atom. The predicted octanol–water partition coefficient (Wildman–Crippen LogP) is -0.368. The molecule has 3 N–H and O–H groups in total. The number of nitrogens with two attached hydrogens (primary N) is 1. The lowest BCUT2D eigenvalue weighted by molar-refractivity contribution is -0.108. The minimum Gasteiger partial charge on any atom is -0.352 e. The maximum absolute atomic E-state index is 10.1. The number of urea groups is 1. The van der Waals surface area contributed by atoms with Crippen LogP contribution in [-0.2, 0) is 4.79 Å². The lowest BCUT2D eigenvalue weighted by Gasteiger charge is -2.05. The molecule has 0 radical (unpaired) electrons. The van der Waals surface area contributed by atoms with Crippen LogP contribution in [0.5, 0.6) is 0 Å². The van der Waals surface area contributed by atoms with E-state index in [-0.39, 0.29) is 6.04 Å². The number of aldehydes is 1. The second-order valence-corrected chi connectivity index (χ2v) is 1.81. The van der Waals surface area contributed by atoms with Crippen LogP contribution in [0.1, 0.15) is 13.3 Å². The first-order valence-electron chi connectivity index (χ1n) is 2.66. The highest BCUT2D eigenvalue weighted by Crippen LogP contribution is 1.83. The van der Waals surface area contributed by atoms with Gasteiger partial charge in [-0.25, -0.2) is 4.79 Å². The number of hydrogen-bond acceptors (Lipinski definition) is 2. The molecule has 9 heavy (non-hydrogen) atoms. The highest BCUT2D eigenvalue weighted by Gasteiger charge is 2.00. The van der Waals surface area contributed by atoms with Crippen molar-refractivity contribution in [2.24, 2.45) is 5.73 Å². The topological polar surface area (TPSA) is 72.2 Å². The maximum Gasteiger partial charge on any atom is 0.312 e. The molecule has 52 valence electrons. The molecule has 0 aliphatic heterocycles. The van der Waals surface area contributed by atoms with E-state index in [2.05, 4.69) is 5.32 Å². The molecule has 0 aromatic heterocycles. The summed E-state index contributed by atoms with van der Waals surface area (Å²) in [5.74, 6) is 0. The smallest absolute Gasteiger partial charge is 0.312 e. The third-order valence-corrected chi connectivity index (χ3v) is 0.838. The van der Waals surface area contributed by atoms with E-state index in [0.717, 1.165) is 6.29 Å². The molecule has 0 fully saturated rings. The van der Waals surface area contributed by atoms with Crippen molar-refractivity contribution < 1.29 is 9.59 Å². The molecule has 1 atom stereocenters. The normalized spacial score (nSPS) is 12.1. The molecule has 0 bridgehead atoms. The molecule has 0 aromatic carbocycles. The number of carbonyl (C=O) groups excluding carboxylic acids is 2. The molecular weight excluding hydrogens is 120 g/mol. The molecule has 4 nitrogen and oxygen atoms in total. The van der Waals surface area contributed by atoms with Crippen molar-refractivity contribution in [2.45, 2.75) is 19.4 Å². The van der Waals surface area contributed by atoms with Gasteiger partial charge in [-0.15, -0.1) is 0 Å². The van der Waals surface area contributed by atoms with E-state index in [0.29, 0.717) is 6.42 Å². The lowest BCUT2D eigenvalue weighted by atomic mass is 10.3. The fraction of sp³-hybridized carbons (Fsp3) is 0.600. The molecule has 0 saturated carbocycles. The van der Waals surface area contributed by atoms with Gasteiger partial charge in [-0.05, 0) is 6.92 Å². The Bertz CT molecular complexity index is 114. The van der Waals surface area contributed by atoms with Crippen LogP contribution in [0, 0.1) is 0 Å². The molecule has 4 heteroatoms. The average molecular weight is 130 g/mol. The van der Waals surface area contributed by atoms with Crippen LogP contribution in [-0.4, -0.2) is 18.4 Å². The molecule has 0 spiro atoms. The van der Waals surface area contributed by atoms with Gasteiger partial charge in [0.2, 0.25) is 0 Å². The Balaban J connectivity index is 3.37. The number of amides is 2. The zero-order valence-corrected chi connectivity index (χ0v) is 5.26. The summed E-state index contributed by atoms with van der Waals surface area (Å²) >= 11 is 0. The summed E-state index contributed by atoms with van der Waals surface area (Å²) in [6, 6.07) is -0.746. The van der Waals surface area contributed by atoms with Crippen LogP contribution < -0.4 is 11.1 Å². The average Bonchev–Trinajstić information content (AvgIpc) is 1.63. The molecule has 0 rings (SSSR count). The van der Waals surface area contributed by atoms with Gasteiger partial charge in [0.1, 0.15) is 6.29 Å². The second kappa shape index (κ2) is 3.88. The van der Waals surface area contributed by atoms with Gasteiger partial charge in [-0.3, -0.25) is 0 Å². The summed E-state index contributed by atoms with van der Waals surface area (Å²) in [6.07, 6.45) is 1.05. The Morgan fingerprint density at radius 1 is 1.89 bits per heavy atom. The summed E-state index contributed by atoms with van der Waals surface area (Å²) in [5.41, 5.74) is 4.76.